The summed E-state index contributed by atoms with van der Waals surface area (Å²) in [5, 5.41) is 3.71. The van der Waals surface area contributed by atoms with E-state index in [2.05, 4.69) is 5.32 Å². The van der Waals surface area contributed by atoms with Crippen molar-refractivity contribution in [2.24, 2.45) is 0 Å². The summed E-state index contributed by atoms with van der Waals surface area (Å²) >= 11 is 11.9. The van der Waals surface area contributed by atoms with E-state index in [4.69, 9.17) is 27.9 Å². The minimum absolute atomic E-state index is 0.311. The Morgan fingerprint density at radius 2 is 1.85 bits per heavy atom. The SMILES string of the molecule is CCCCOC(=O)c1ccc(NC(=O)/C=C/c2ccc(Cl)cc2Cl)cc1. The second kappa shape index (κ2) is 10.00. The standard InChI is InChI=1S/C20H19Cl2NO3/c1-2-3-12-26-20(25)15-5-9-17(10-6-15)23-19(24)11-7-14-4-8-16(21)13-18(14)22/h4-11,13H,2-3,12H2,1H3,(H,23,24)/b11-7+. The number of halogens is 2. The van der Waals surface area contributed by atoms with Crippen LogP contribution >= 0.6 is 23.2 Å². The monoisotopic (exact) mass is 391 g/mol. The van der Waals surface area contributed by atoms with Gasteiger partial charge in [0.05, 0.1) is 12.2 Å². The molecule has 0 bridgehead atoms. The van der Waals surface area contributed by atoms with E-state index in [9.17, 15) is 9.59 Å². The van der Waals surface area contributed by atoms with Crippen molar-refractivity contribution in [2.75, 3.05) is 11.9 Å². The van der Waals surface area contributed by atoms with Gasteiger partial charge in [-0.05, 0) is 54.5 Å². The fraction of sp³-hybridized carbons (Fsp3) is 0.200. The normalized spacial score (nSPS) is 10.7. The summed E-state index contributed by atoms with van der Waals surface area (Å²) in [6, 6.07) is 11.6. The van der Waals surface area contributed by atoms with E-state index in [1.165, 1.54) is 6.08 Å². The smallest absolute Gasteiger partial charge is 0.338 e. The lowest BCUT2D eigenvalue weighted by Gasteiger charge is -2.06. The highest BCUT2D eigenvalue weighted by atomic mass is 35.5. The largest absolute Gasteiger partial charge is 0.462 e. The Hall–Kier alpha value is -2.30. The first-order chi connectivity index (χ1) is 12.5. The van der Waals surface area contributed by atoms with Crippen LogP contribution in [0.2, 0.25) is 10.0 Å². The summed E-state index contributed by atoms with van der Waals surface area (Å²) in [4.78, 5) is 23.8. The average Bonchev–Trinajstić information content (AvgIpc) is 2.61. The molecule has 4 nitrogen and oxygen atoms in total. The first kappa shape index (κ1) is 20.0. The number of unbranched alkanes of at least 4 members (excludes halogenated alkanes) is 1. The quantitative estimate of drug-likeness (QED) is 0.379. The molecule has 0 aliphatic heterocycles. The van der Waals surface area contributed by atoms with E-state index in [1.54, 1.807) is 48.5 Å². The third-order valence-electron chi connectivity index (χ3n) is 3.50. The molecule has 0 saturated carbocycles. The van der Waals surface area contributed by atoms with E-state index in [-0.39, 0.29) is 11.9 Å². The highest BCUT2D eigenvalue weighted by Crippen LogP contribution is 2.22. The van der Waals surface area contributed by atoms with Crippen LogP contribution in [0.3, 0.4) is 0 Å². The van der Waals surface area contributed by atoms with Crippen LogP contribution in [0.1, 0.15) is 35.7 Å². The topological polar surface area (TPSA) is 55.4 Å². The number of hydrogen-bond acceptors (Lipinski definition) is 3. The van der Waals surface area contributed by atoms with Crippen LogP contribution in [0.4, 0.5) is 5.69 Å². The van der Waals surface area contributed by atoms with Gasteiger partial charge in [0, 0.05) is 21.8 Å². The molecule has 0 radical (unpaired) electrons. The van der Waals surface area contributed by atoms with Gasteiger partial charge in [-0.1, -0.05) is 42.6 Å². The van der Waals surface area contributed by atoms with Crippen molar-refractivity contribution in [3.05, 3.63) is 69.7 Å². The number of nitrogens with one attached hydrogen (secondary N) is 1. The maximum absolute atomic E-state index is 12.0. The van der Waals surface area contributed by atoms with Gasteiger partial charge in [0.2, 0.25) is 5.91 Å². The number of esters is 1. The van der Waals surface area contributed by atoms with Gasteiger partial charge in [-0.3, -0.25) is 4.79 Å². The van der Waals surface area contributed by atoms with E-state index in [0.29, 0.717) is 33.5 Å². The number of benzene rings is 2. The maximum Gasteiger partial charge on any atom is 0.338 e. The van der Waals surface area contributed by atoms with Gasteiger partial charge in [-0.25, -0.2) is 4.79 Å². The molecule has 1 N–H and O–H groups in total. The van der Waals surface area contributed by atoms with Gasteiger partial charge in [-0.15, -0.1) is 0 Å². The number of ether oxygens (including phenoxy) is 1. The van der Waals surface area contributed by atoms with Crippen LogP contribution in [-0.4, -0.2) is 18.5 Å². The zero-order valence-corrected chi connectivity index (χ0v) is 15.8. The number of anilines is 1. The zero-order chi connectivity index (χ0) is 18.9. The molecule has 0 aliphatic rings. The molecule has 2 aromatic rings. The summed E-state index contributed by atoms with van der Waals surface area (Å²) in [6.07, 6.45) is 4.78. The molecule has 0 saturated heterocycles. The van der Waals surface area contributed by atoms with E-state index < -0.39 is 0 Å². The summed E-state index contributed by atoms with van der Waals surface area (Å²) in [5.74, 6) is -0.678. The predicted octanol–water partition coefficient (Wildman–Crippen LogP) is 5.60. The molecule has 2 aromatic carbocycles. The van der Waals surface area contributed by atoms with Crippen molar-refractivity contribution in [1.29, 1.82) is 0 Å². The van der Waals surface area contributed by atoms with Gasteiger partial charge in [-0.2, -0.15) is 0 Å². The van der Waals surface area contributed by atoms with Crippen molar-refractivity contribution in [3.63, 3.8) is 0 Å². The Morgan fingerprint density at radius 1 is 1.12 bits per heavy atom. The molecular formula is C20H19Cl2NO3. The average molecular weight is 392 g/mol. The van der Waals surface area contributed by atoms with Gasteiger partial charge < -0.3 is 10.1 Å². The van der Waals surface area contributed by atoms with Crippen molar-refractivity contribution in [2.45, 2.75) is 19.8 Å². The summed E-state index contributed by atoms with van der Waals surface area (Å²) in [7, 11) is 0. The Bertz CT molecular complexity index is 801. The van der Waals surface area contributed by atoms with Gasteiger partial charge >= 0.3 is 5.97 Å². The summed E-state index contributed by atoms with van der Waals surface area (Å²) in [5.41, 5.74) is 1.71. The lowest BCUT2D eigenvalue weighted by molar-refractivity contribution is -0.111. The molecule has 6 heteroatoms. The van der Waals surface area contributed by atoms with Crippen LogP contribution in [0.5, 0.6) is 0 Å². The molecule has 2 rings (SSSR count). The number of rotatable bonds is 7. The number of carbonyl (C=O) groups excluding carboxylic acids is 2. The van der Waals surface area contributed by atoms with Crippen molar-refractivity contribution < 1.29 is 14.3 Å². The second-order valence-corrected chi connectivity index (χ2v) is 6.40. The molecular weight excluding hydrogens is 373 g/mol. The van der Waals surface area contributed by atoms with Crippen molar-refractivity contribution >= 4 is 46.8 Å². The predicted molar refractivity (Wildman–Crippen MR) is 106 cm³/mol. The molecule has 1 amide bonds. The molecule has 0 fully saturated rings. The lowest BCUT2D eigenvalue weighted by atomic mass is 10.2. The van der Waals surface area contributed by atoms with Gasteiger partial charge in [0.25, 0.3) is 0 Å². The molecule has 0 aliphatic carbocycles. The molecule has 0 aromatic heterocycles. The van der Waals surface area contributed by atoms with Gasteiger partial charge in [0.1, 0.15) is 0 Å². The Morgan fingerprint density at radius 3 is 2.50 bits per heavy atom. The Balaban J connectivity index is 1.92. The summed E-state index contributed by atoms with van der Waals surface area (Å²) < 4.78 is 5.14. The third kappa shape index (κ3) is 6.21. The number of hydrogen-bond donors (Lipinski definition) is 1. The van der Waals surface area contributed by atoms with Crippen molar-refractivity contribution in [1.82, 2.24) is 0 Å². The Kier molecular flexibility index (Phi) is 7.70. The maximum atomic E-state index is 12.0. The minimum Gasteiger partial charge on any atom is -0.462 e. The molecule has 136 valence electrons. The van der Waals surface area contributed by atoms with Crippen LogP contribution < -0.4 is 5.32 Å². The van der Waals surface area contributed by atoms with Crippen LogP contribution in [0, 0.1) is 0 Å². The van der Waals surface area contributed by atoms with E-state index in [1.807, 2.05) is 6.92 Å². The first-order valence-electron chi connectivity index (χ1n) is 8.21. The molecule has 0 spiro atoms. The first-order valence-corrected chi connectivity index (χ1v) is 8.96. The second-order valence-electron chi connectivity index (χ2n) is 5.56. The molecule has 0 heterocycles. The lowest BCUT2D eigenvalue weighted by Crippen LogP contribution is -2.09. The molecule has 0 atom stereocenters. The fourth-order valence-electron chi connectivity index (χ4n) is 2.07. The fourth-order valence-corrected chi connectivity index (χ4v) is 2.54. The highest BCUT2D eigenvalue weighted by Gasteiger charge is 2.07. The van der Waals surface area contributed by atoms with Gasteiger partial charge in [0.15, 0.2) is 0 Å². The highest BCUT2D eigenvalue weighted by molar-refractivity contribution is 6.35. The third-order valence-corrected chi connectivity index (χ3v) is 4.06. The van der Waals surface area contributed by atoms with Crippen LogP contribution in [0.25, 0.3) is 6.08 Å². The zero-order valence-electron chi connectivity index (χ0n) is 14.3. The minimum atomic E-state index is -0.367. The summed E-state index contributed by atoms with van der Waals surface area (Å²) in [6.45, 7) is 2.44. The molecule has 26 heavy (non-hydrogen) atoms. The van der Waals surface area contributed by atoms with Crippen LogP contribution in [-0.2, 0) is 9.53 Å². The van der Waals surface area contributed by atoms with E-state index >= 15 is 0 Å². The Labute approximate surface area is 162 Å². The molecule has 0 unspecified atom stereocenters. The van der Waals surface area contributed by atoms with Crippen molar-refractivity contribution in [3.8, 4) is 0 Å². The number of carbonyl (C=O) groups is 2. The van der Waals surface area contributed by atoms with Crippen LogP contribution in [0.15, 0.2) is 48.5 Å². The van der Waals surface area contributed by atoms with E-state index in [0.717, 1.165) is 12.8 Å². The number of amides is 1.